The van der Waals surface area contributed by atoms with Crippen LogP contribution in [-0.2, 0) is 0 Å². The van der Waals surface area contributed by atoms with Crippen molar-refractivity contribution in [1.29, 1.82) is 5.26 Å². The zero-order valence-corrected chi connectivity index (χ0v) is 14.1. The summed E-state index contributed by atoms with van der Waals surface area (Å²) in [6.45, 7) is 0. The summed E-state index contributed by atoms with van der Waals surface area (Å²) in [5, 5.41) is 10.9. The standard InChI is InChI=1S/C18H13N3S2/c1-22-17-15(12-19)18(23-14-10-6-3-7-11-14)21-16(20-17)13-8-4-2-5-9-13/h2-11H,1H3. The van der Waals surface area contributed by atoms with Crippen LogP contribution in [0.1, 0.15) is 5.56 Å². The molecule has 0 saturated heterocycles. The molecule has 0 atom stereocenters. The molecule has 0 radical (unpaired) electrons. The van der Waals surface area contributed by atoms with Gasteiger partial charge in [-0.2, -0.15) is 5.26 Å². The van der Waals surface area contributed by atoms with Gasteiger partial charge < -0.3 is 0 Å². The van der Waals surface area contributed by atoms with Gasteiger partial charge in [0.25, 0.3) is 0 Å². The molecule has 23 heavy (non-hydrogen) atoms. The van der Waals surface area contributed by atoms with E-state index in [1.165, 1.54) is 23.5 Å². The average Bonchev–Trinajstić information content (AvgIpc) is 2.62. The van der Waals surface area contributed by atoms with Crippen LogP contribution in [0.3, 0.4) is 0 Å². The monoisotopic (exact) mass is 335 g/mol. The van der Waals surface area contributed by atoms with Crippen LogP contribution in [0.5, 0.6) is 0 Å². The topological polar surface area (TPSA) is 49.6 Å². The Morgan fingerprint density at radius 2 is 1.48 bits per heavy atom. The van der Waals surface area contributed by atoms with Crippen molar-refractivity contribution >= 4 is 23.5 Å². The molecule has 1 heterocycles. The molecular formula is C18H13N3S2. The van der Waals surface area contributed by atoms with Crippen molar-refractivity contribution in [3.05, 3.63) is 66.2 Å². The van der Waals surface area contributed by atoms with E-state index in [0.29, 0.717) is 21.4 Å². The number of rotatable bonds is 4. The van der Waals surface area contributed by atoms with E-state index in [1.807, 2.05) is 66.9 Å². The zero-order valence-electron chi connectivity index (χ0n) is 12.4. The number of benzene rings is 2. The molecule has 0 spiro atoms. The van der Waals surface area contributed by atoms with Gasteiger partial charge in [0.1, 0.15) is 21.7 Å². The van der Waals surface area contributed by atoms with Crippen LogP contribution < -0.4 is 0 Å². The summed E-state index contributed by atoms with van der Waals surface area (Å²) in [6, 6.07) is 22.0. The van der Waals surface area contributed by atoms with E-state index >= 15 is 0 Å². The van der Waals surface area contributed by atoms with Crippen molar-refractivity contribution in [2.24, 2.45) is 0 Å². The third-order valence-electron chi connectivity index (χ3n) is 3.14. The van der Waals surface area contributed by atoms with Gasteiger partial charge in [-0.3, -0.25) is 0 Å². The van der Waals surface area contributed by atoms with E-state index in [1.54, 1.807) is 0 Å². The Labute approximate surface area is 143 Å². The number of hydrogen-bond donors (Lipinski definition) is 0. The maximum atomic E-state index is 9.51. The molecule has 0 amide bonds. The number of nitriles is 1. The molecule has 0 fully saturated rings. The highest BCUT2D eigenvalue weighted by molar-refractivity contribution is 7.99. The Kier molecular flexibility index (Phi) is 4.96. The quantitative estimate of drug-likeness (QED) is 0.502. The lowest BCUT2D eigenvalue weighted by atomic mass is 10.2. The minimum absolute atomic E-state index is 0.533. The van der Waals surface area contributed by atoms with Gasteiger partial charge in [-0.15, -0.1) is 11.8 Å². The fourth-order valence-electron chi connectivity index (χ4n) is 2.05. The second kappa shape index (κ2) is 7.32. The van der Waals surface area contributed by atoms with Crippen LogP contribution in [0.15, 0.2) is 75.6 Å². The molecule has 112 valence electrons. The largest absolute Gasteiger partial charge is 0.220 e. The van der Waals surface area contributed by atoms with Crippen LogP contribution in [0.4, 0.5) is 0 Å². The Hall–Kier alpha value is -2.29. The normalized spacial score (nSPS) is 10.3. The van der Waals surface area contributed by atoms with Gasteiger partial charge >= 0.3 is 0 Å². The number of hydrogen-bond acceptors (Lipinski definition) is 5. The smallest absolute Gasteiger partial charge is 0.161 e. The van der Waals surface area contributed by atoms with Gasteiger partial charge in [-0.05, 0) is 18.4 Å². The molecule has 3 aromatic rings. The summed E-state index contributed by atoms with van der Waals surface area (Å²) >= 11 is 2.96. The SMILES string of the molecule is CSc1nc(-c2ccccc2)nc(Sc2ccccc2)c1C#N. The molecule has 0 unspecified atom stereocenters. The van der Waals surface area contributed by atoms with Gasteiger partial charge in [0, 0.05) is 10.5 Å². The van der Waals surface area contributed by atoms with E-state index in [2.05, 4.69) is 16.0 Å². The summed E-state index contributed by atoms with van der Waals surface area (Å²) < 4.78 is 0. The zero-order chi connectivity index (χ0) is 16.1. The van der Waals surface area contributed by atoms with Gasteiger partial charge in [0.2, 0.25) is 0 Å². The number of thioether (sulfide) groups is 1. The predicted molar refractivity (Wildman–Crippen MR) is 94.5 cm³/mol. The lowest BCUT2D eigenvalue weighted by molar-refractivity contribution is 0.956. The molecule has 0 saturated carbocycles. The minimum Gasteiger partial charge on any atom is -0.220 e. The summed E-state index contributed by atoms with van der Waals surface area (Å²) in [6.07, 6.45) is 1.93. The third-order valence-corrected chi connectivity index (χ3v) is 4.82. The van der Waals surface area contributed by atoms with Gasteiger partial charge in [-0.25, -0.2) is 9.97 Å². The highest BCUT2D eigenvalue weighted by Crippen LogP contribution is 2.33. The lowest BCUT2D eigenvalue weighted by Crippen LogP contribution is -1.98. The maximum Gasteiger partial charge on any atom is 0.161 e. The van der Waals surface area contributed by atoms with Crippen LogP contribution in [0, 0.1) is 11.3 Å². The Bertz CT molecular complexity index is 843. The number of nitrogens with zero attached hydrogens (tertiary/aromatic N) is 3. The molecule has 0 bridgehead atoms. The molecule has 5 heteroatoms. The van der Waals surface area contributed by atoms with E-state index in [9.17, 15) is 5.26 Å². The molecule has 1 aromatic heterocycles. The van der Waals surface area contributed by atoms with Crippen LogP contribution >= 0.6 is 23.5 Å². The molecule has 2 aromatic carbocycles. The van der Waals surface area contributed by atoms with E-state index in [-0.39, 0.29) is 0 Å². The van der Waals surface area contributed by atoms with Crippen molar-refractivity contribution in [2.75, 3.05) is 6.26 Å². The van der Waals surface area contributed by atoms with Gasteiger partial charge in [-0.1, -0.05) is 60.3 Å². The van der Waals surface area contributed by atoms with Crippen molar-refractivity contribution in [1.82, 2.24) is 9.97 Å². The van der Waals surface area contributed by atoms with Crippen molar-refractivity contribution < 1.29 is 0 Å². The molecule has 0 aliphatic carbocycles. The summed E-state index contributed by atoms with van der Waals surface area (Å²) in [5.41, 5.74) is 1.48. The van der Waals surface area contributed by atoms with Crippen LogP contribution in [-0.4, -0.2) is 16.2 Å². The highest BCUT2D eigenvalue weighted by Gasteiger charge is 2.16. The van der Waals surface area contributed by atoms with Crippen molar-refractivity contribution in [3.8, 4) is 17.5 Å². The Morgan fingerprint density at radius 1 is 0.870 bits per heavy atom. The Balaban J connectivity index is 2.11. The summed E-state index contributed by atoms with van der Waals surface area (Å²) in [7, 11) is 0. The molecule has 0 N–H and O–H groups in total. The first-order valence-corrected chi connectivity index (χ1v) is 9.00. The van der Waals surface area contributed by atoms with Crippen molar-refractivity contribution in [3.63, 3.8) is 0 Å². The highest BCUT2D eigenvalue weighted by atomic mass is 32.2. The summed E-state index contributed by atoms with van der Waals surface area (Å²) in [4.78, 5) is 10.2. The third kappa shape index (κ3) is 3.55. The van der Waals surface area contributed by atoms with Crippen LogP contribution in [0.2, 0.25) is 0 Å². The first kappa shape index (κ1) is 15.6. The number of aromatic nitrogens is 2. The average molecular weight is 335 g/mol. The van der Waals surface area contributed by atoms with E-state index in [0.717, 1.165) is 10.5 Å². The predicted octanol–water partition coefficient (Wildman–Crippen LogP) is 4.89. The second-order valence-corrected chi connectivity index (χ2v) is 6.49. The summed E-state index contributed by atoms with van der Waals surface area (Å²) in [5.74, 6) is 0.646. The first-order chi connectivity index (χ1) is 11.3. The first-order valence-electron chi connectivity index (χ1n) is 6.96. The lowest BCUT2D eigenvalue weighted by Gasteiger charge is -2.09. The van der Waals surface area contributed by atoms with Gasteiger partial charge in [0.05, 0.1) is 0 Å². The fraction of sp³-hybridized carbons (Fsp3) is 0.0556. The van der Waals surface area contributed by atoms with E-state index in [4.69, 9.17) is 0 Å². The second-order valence-electron chi connectivity index (χ2n) is 4.63. The maximum absolute atomic E-state index is 9.51. The van der Waals surface area contributed by atoms with Crippen molar-refractivity contribution in [2.45, 2.75) is 14.9 Å². The van der Waals surface area contributed by atoms with Gasteiger partial charge in [0.15, 0.2) is 5.82 Å². The molecule has 0 aliphatic heterocycles. The Morgan fingerprint density at radius 3 is 2.09 bits per heavy atom. The molecule has 3 rings (SSSR count). The molecular weight excluding hydrogens is 322 g/mol. The van der Waals surface area contributed by atoms with E-state index < -0.39 is 0 Å². The fourth-order valence-corrected chi connectivity index (χ4v) is 3.54. The molecule has 0 aliphatic rings. The van der Waals surface area contributed by atoms with Crippen LogP contribution in [0.25, 0.3) is 11.4 Å². The minimum atomic E-state index is 0.533. The molecule has 3 nitrogen and oxygen atoms in total.